The van der Waals surface area contributed by atoms with Crippen molar-refractivity contribution < 1.29 is 9.90 Å². The summed E-state index contributed by atoms with van der Waals surface area (Å²) >= 11 is 12.7. The molecule has 1 atom stereocenters. The molecule has 3 aromatic rings. The van der Waals surface area contributed by atoms with Gasteiger partial charge < -0.3 is 5.11 Å². The average Bonchev–Trinajstić information content (AvgIpc) is 2.70. The first-order chi connectivity index (χ1) is 13.5. The molecule has 0 aliphatic carbocycles. The van der Waals surface area contributed by atoms with E-state index in [4.69, 9.17) is 23.2 Å². The van der Waals surface area contributed by atoms with Gasteiger partial charge in [0.05, 0.1) is 12.0 Å². The maximum absolute atomic E-state index is 11.4. The molecule has 1 N–H and O–H groups in total. The molecule has 1 aliphatic heterocycles. The highest BCUT2D eigenvalue weighted by molar-refractivity contribution is 6.35. The number of nitrogens with zero attached hydrogens (tertiary/aromatic N) is 1. The quantitative estimate of drug-likeness (QED) is 0.567. The Labute approximate surface area is 174 Å². The molecule has 1 saturated heterocycles. The van der Waals surface area contributed by atoms with Crippen LogP contribution in [0.5, 0.6) is 0 Å². The van der Waals surface area contributed by atoms with Crippen LogP contribution in [-0.4, -0.2) is 29.1 Å². The SMILES string of the molecule is O=C(O)C1CCN(C(c2ccc3ccccc3c2)c2ccc(Cl)cc2Cl)CC1. The summed E-state index contributed by atoms with van der Waals surface area (Å²) in [6.07, 6.45) is 1.29. The minimum Gasteiger partial charge on any atom is -0.481 e. The summed E-state index contributed by atoms with van der Waals surface area (Å²) in [4.78, 5) is 13.7. The van der Waals surface area contributed by atoms with Gasteiger partial charge in [-0.2, -0.15) is 0 Å². The molecule has 0 saturated carbocycles. The van der Waals surface area contributed by atoms with Crippen molar-refractivity contribution in [2.24, 2.45) is 5.92 Å². The number of halogens is 2. The first-order valence-corrected chi connectivity index (χ1v) is 10.2. The molecule has 0 aromatic heterocycles. The van der Waals surface area contributed by atoms with E-state index in [9.17, 15) is 9.90 Å². The minimum atomic E-state index is -0.702. The fourth-order valence-electron chi connectivity index (χ4n) is 4.09. The van der Waals surface area contributed by atoms with Crippen LogP contribution in [0.15, 0.2) is 60.7 Å². The number of hydrogen-bond donors (Lipinski definition) is 1. The topological polar surface area (TPSA) is 40.5 Å². The van der Waals surface area contributed by atoms with Crippen LogP contribution in [-0.2, 0) is 4.79 Å². The number of piperidine rings is 1. The van der Waals surface area contributed by atoms with Gasteiger partial charge in [0, 0.05) is 10.0 Å². The third-order valence-corrected chi connectivity index (χ3v) is 6.15. The highest BCUT2D eigenvalue weighted by Crippen LogP contribution is 2.38. The van der Waals surface area contributed by atoms with E-state index >= 15 is 0 Å². The van der Waals surface area contributed by atoms with Gasteiger partial charge >= 0.3 is 5.97 Å². The molecule has 4 rings (SSSR count). The number of rotatable bonds is 4. The van der Waals surface area contributed by atoms with E-state index in [0.29, 0.717) is 36.0 Å². The maximum atomic E-state index is 11.4. The first-order valence-electron chi connectivity index (χ1n) is 9.43. The lowest BCUT2D eigenvalue weighted by Crippen LogP contribution is -2.39. The summed E-state index contributed by atoms with van der Waals surface area (Å²) in [5.74, 6) is -0.972. The van der Waals surface area contributed by atoms with Crippen LogP contribution < -0.4 is 0 Å². The molecular weight excluding hydrogens is 393 g/mol. The maximum Gasteiger partial charge on any atom is 0.306 e. The molecule has 3 nitrogen and oxygen atoms in total. The van der Waals surface area contributed by atoms with E-state index < -0.39 is 5.97 Å². The molecule has 0 bridgehead atoms. The van der Waals surface area contributed by atoms with Gasteiger partial charge in [-0.1, -0.05) is 65.7 Å². The Morgan fingerprint density at radius 2 is 1.68 bits per heavy atom. The van der Waals surface area contributed by atoms with E-state index in [1.54, 1.807) is 6.07 Å². The fourth-order valence-corrected chi connectivity index (χ4v) is 4.60. The molecule has 1 unspecified atom stereocenters. The molecule has 1 aliphatic rings. The fraction of sp³-hybridized carbons (Fsp3) is 0.261. The highest BCUT2D eigenvalue weighted by atomic mass is 35.5. The second-order valence-corrected chi connectivity index (χ2v) is 8.17. The van der Waals surface area contributed by atoms with Crippen LogP contribution in [0.25, 0.3) is 10.8 Å². The van der Waals surface area contributed by atoms with Crippen LogP contribution in [0.1, 0.15) is 30.0 Å². The number of aliphatic carboxylic acids is 1. The van der Waals surface area contributed by atoms with Gasteiger partial charge in [0.15, 0.2) is 0 Å². The summed E-state index contributed by atoms with van der Waals surface area (Å²) in [6, 6.07) is 20.3. The van der Waals surface area contributed by atoms with E-state index in [-0.39, 0.29) is 12.0 Å². The smallest absolute Gasteiger partial charge is 0.306 e. The lowest BCUT2D eigenvalue weighted by atomic mass is 9.90. The molecule has 1 fully saturated rings. The normalized spacial score (nSPS) is 16.9. The van der Waals surface area contributed by atoms with Crippen molar-refractivity contribution in [2.75, 3.05) is 13.1 Å². The average molecular weight is 414 g/mol. The molecule has 5 heteroatoms. The minimum absolute atomic E-state index is 0.0379. The predicted octanol–water partition coefficient (Wildman–Crippen LogP) is 6.03. The standard InChI is InChI=1S/C23H21Cl2NO2/c24-19-7-8-20(21(25)14-19)22(26-11-9-16(10-12-26)23(27)28)18-6-5-15-3-1-2-4-17(15)13-18/h1-8,13-14,16,22H,9-12H2,(H,27,28). The first kappa shape index (κ1) is 19.3. The third kappa shape index (κ3) is 3.88. The Balaban J connectivity index is 1.75. The number of benzene rings is 3. The van der Waals surface area contributed by atoms with Gasteiger partial charge in [-0.05, 0) is 66.0 Å². The molecule has 0 amide bonds. The zero-order chi connectivity index (χ0) is 19.7. The van der Waals surface area contributed by atoms with E-state index in [0.717, 1.165) is 11.1 Å². The molecule has 0 radical (unpaired) electrons. The lowest BCUT2D eigenvalue weighted by molar-refractivity contribution is -0.143. The second kappa shape index (κ2) is 8.12. The number of fused-ring (bicyclic) bond motifs is 1. The summed E-state index contributed by atoms with van der Waals surface area (Å²) in [5.41, 5.74) is 2.15. The van der Waals surface area contributed by atoms with Crippen molar-refractivity contribution >= 4 is 39.9 Å². The predicted molar refractivity (Wildman–Crippen MR) is 114 cm³/mol. The molecule has 3 aromatic carbocycles. The molecule has 0 spiro atoms. The van der Waals surface area contributed by atoms with Gasteiger partial charge in [0.2, 0.25) is 0 Å². The van der Waals surface area contributed by atoms with Gasteiger partial charge in [-0.25, -0.2) is 0 Å². The van der Waals surface area contributed by atoms with Crippen molar-refractivity contribution in [3.63, 3.8) is 0 Å². The van der Waals surface area contributed by atoms with Crippen molar-refractivity contribution in [1.82, 2.24) is 4.90 Å². The number of carbonyl (C=O) groups is 1. The van der Waals surface area contributed by atoms with Gasteiger partial charge in [-0.3, -0.25) is 9.69 Å². The largest absolute Gasteiger partial charge is 0.481 e. The molecule has 144 valence electrons. The Bertz CT molecular complexity index is 1010. The summed E-state index contributed by atoms with van der Waals surface area (Å²) in [6.45, 7) is 1.43. The Hall–Kier alpha value is -2.07. The second-order valence-electron chi connectivity index (χ2n) is 7.32. The molecular formula is C23H21Cl2NO2. The zero-order valence-electron chi connectivity index (χ0n) is 15.3. The van der Waals surface area contributed by atoms with Gasteiger partial charge in [0.1, 0.15) is 0 Å². The summed E-state index contributed by atoms with van der Waals surface area (Å²) in [7, 11) is 0. The lowest BCUT2D eigenvalue weighted by Gasteiger charge is -2.37. The number of likely N-dealkylation sites (tertiary alicyclic amines) is 1. The van der Waals surface area contributed by atoms with E-state index in [1.807, 2.05) is 24.3 Å². The van der Waals surface area contributed by atoms with Gasteiger partial charge in [0.25, 0.3) is 0 Å². The van der Waals surface area contributed by atoms with Crippen molar-refractivity contribution in [1.29, 1.82) is 0 Å². The third-order valence-electron chi connectivity index (χ3n) is 5.59. The summed E-state index contributed by atoms with van der Waals surface area (Å²) in [5, 5.41) is 12.9. The number of carboxylic acid groups (broad SMARTS) is 1. The molecule has 28 heavy (non-hydrogen) atoms. The Morgan fingerprint density at radius 1 is 0.964 bits per heavy atom. The molecule has 1 heterocycles. The number of carboxylic acids is 1. The van der Waals surface area contributed by atoms with Crippen LogP contribution >= 0.6 is 23.2 Å². The Morgan fingerprint density at radius 3 is 2.36 bits per heavy atom. The van der Waals surface area contributed by atoms with Crippen LogP contribution in [0, 0.1) is 5.92 Å². The zero-order valence-corrected chi connectivity index (χ0v) is 16.8. The number of hydrogen-bond acceptors (Lipinski definition) is 2. The van der Waals surface area contributed by atoms with Crippen molar-refractivity contribution in [3.8, 4) is 0 Å². The van der Waals surface area contributed by atoms with Crippen LogP contribution in [0.3, 0.4) is 0 Å². The van der Waals surface area contributed by atoms with Crippen molar-refractivity contribution in [3.05, 3.63) is 81.8 Å². The van der Waals surface area contributed by atoms with Gasteiger partial charge in [-0.15, -0.1) is 0 Å². The van der Waals surface area contributed by atoms with Crippen LogP contribution in [0.4, 0.5) is 0 Å². The Kier molecular flexibility index (Phi) is 5.58. The van der Waals surface area contributed by atoms with E-state index in [1.165, 1.54) is 10.8 Å². The summed E-state index contributed by atoms with van der Waals surface area (Å²) < 4.78 is 0. The highest BCUT2D eigenvalue weighted by Gasteiger charge is 2.31. The van der Waals surface area contributed by atoms with E-state index in [2.05, 4.69) is 35.2 Å². The van der Waals surface area contributed by atoms with Crippen LogP contribution in [0.2, 0.25) is 10.0 Å². The monoisotopic (exact) mass is 413 g/mol. The van der Waals surface area contributed by atoms with Crippen molar-refractivity contribution in [2.45, 2.75) is 18.9 Å².